The summed E-state index contributed by atoms with van der Waals surface area (Å²) < 4.78 is 0. The molecular formula is C17H23NO2. The monoisotopic (exact) mass is 273 g/mol. The van der Waals surface area contributed by atoms with Crippen LogP contribution in [0, 0.1) is 6.92 Å². The highest BCUT2D eigenvalue weighted by atomic mass is 16.2. The maximum absolute atomic E-state index is 12.2. The molecule has 1 aliphatic rings. The van der Waals surface area contributed by atoms with Crippen molar-refractivity contribution in [3.8, 4) is 0 Å². The van der Waals surface area contributed by atoms with E-state index in [1.165, 1.54) is 6.42 Å². The van der Waals surface area contributed by atoms with Gasteiger partial charge in [0, 0.05) is 31.0 Å². The quantitative estimate of drug-likeness (QED) is 0.789. The lowest BCUT2D eigenvalue weighted by molar-refractivity contribution is -0.134. The third kappa shape index (κ3) is 3.69. The summed E-state index contributed by atoms with van der Waals surface area (Å²) in [4.78, 5) is 26.2. The maximum atomic E-state index is 12.2. The predicted molar refractivity (Wildman–Crippen MR) is 79.8 cm³/mol. The van der Waals surface area contributed by atoms with Gasteiger partial charge in [0.15, 0.2) is 5.78 Å². The van der Waals surface area contributed by atoms with E-state index in [1.54, 1.807) is 0 Å². The van der Waals surface area contributed by atoms with Crippen LogP contribution in [0.15, 0.2) is 24.3 Å². The number of amides is 1. The number of aryl methyl sites for hydroxylation is 1. The molecule has 1 aromatic rings. The molecule has 108 valence electrons. The van der Waals surface area contributed by atoms with Crippen molar-refractivity contribution in [2.75, 3.05) is 6.54 Å². The normalized spacial score (nSPS) is 18.9. The molecule has 1 atom stereocenters. The number of hydrogen-bond acceptors (Lipinski definition) is 2. The van der Waals surface area contributed by atoms with Crippen LogP contribution in [0.4, 0.5) is 0 Å². The molecule has 0 radical (unpaired) electrons. The minimum absolute atomic E-state index is 0.0583. The summed E-state index contributed by atoms with van der Waals surface area (Å²) >= 11 is 0. The van der Waals surface area contributed by atoms with Gasteiger partial charge in [-0.2, -0.15) is 0 Å². The van der Waals surface area contributed by atoms with E-state index in [0.29, 0.717) is 24.4 Å². The van der Waals surface area contributed by atoms with Crippen LogP contribution in [-0.2, 0) is 4.79 Å². The first-order valence-corrected chi connectivity index (χ1v) is 7.47. The van der Waals surface area contributed by atoms with Crippen molar-refractivity contribution < 1.29 is 9.59 Å². The van der Waals surface area contributed by atoms with Crippen molar-refractivity contribution in [3.63, 3.8) is 0 Å². The van der Waals surface area contributed by atoms with Gasteiger partial charge in [-0.3, -0.25) is 9.59 Å². The van der Waals surface area contributed by atoms with Gasteiger partial charge in [0.25, 0.3) is 0 Å². The van der Waals surface area contributed by atoms with Gasteiger partial charge in [-0.05, 0) is 33.1 Å². The number of carbonyl (C=O) groups excluding carboxylic acids is 2. The lowest BCUT2D eigenvalue weighted by Crippen LogP contribution is -2.42. The number of rotatable bonds is 4. The minimum Gasteiger partial charge on any atom is -0.340 e. The maximum Gasteiger partial charge on any atom is 0.223 e. The number of Topliss-reactive ketones (excluding diaryl/α,β-unsaturated/α-hetero) is 1. The average Bonchev–Trinajstić information content (AvgIpc) is 2.45. The van der Waals surface area contributed by atoms with E-state index in [9.17, 15) is 9.59 Å². The number of benzene rings is 1. The van der Waals surface area contributed by atoms with Gasteiger partial charge in [0.05, 0.1) is 0 Å². The molecule has 3 heteroatoms. The first kappa shape index (κ1) is 14.8. The Hall–Kier alpha value is -1.64. The zero-order valence-corrected chi connectivity index (χ0v) is 12.4. The molecule has 0 aliphatic carbocycles. The highest BCUT2D eigenvalue weighted by Crippen LogP contribution is 2.18. The molecule has 0 aromatic heterocycles. The molecule has 0 spiro atoms. The topological polar surface area (TPSA) is 37.4 Å². The predicted octanol–water partition coefficient (Wildman–Crippen LogP) is 3.36. The largest absolute Gasteiger partial charge is 0.340 e. The Kier molecular flexibility index (Phi) is 4.94. The first-order chi connectivity index (χ1) is 9.58. The molecule has 0 N–H and O–H groups in total. The minimum atomic E-state index is 0.0583. The summed E-state index contributed by atoms with van der Waals surface area (Å²) in [5, 5.41) is 0. The molecule has 0 saturated carbocycles. The van der Waals surface area contributed by atoms with Gasteiger partial charge in [-0.15, -0.1) is 0 Å². The molecule has 1 unspecified atom stereocenters. The number of ketones is 1. The summed E-state index contributed by atoms with van der Waals surface area (Å²) in [5.74, 6) is 0.181. The average molecular weight is 273 g/mol. The number of piperidine rings is 1. The van der Waals surface area contributed by atoms with E-state index in [1.807, 2.05) is 36.1 Å². The Balaban J connectivity index is 1.86. The fourth-order valence-corrected chi connectivity index (χ4v) is 2.72. The highest BCUT2D eigenvalue weighted by molar-refractivity contribution is 5.98. The molecule has 2 rings (SSSR count). The van der Waals surface area contributed by atoms with E-state index >= 15 is 0 Å². The van der Waals surface area contributed by atoms with Crippen molar-refractivity contribution in [3.05, 3.63) is 35.4 Å². The molecule has 1 aliphatic heterocycles. The molecule has 1 saturated heterocycles. The summed E-state index contributed by atoms with van der Waals surface area (Å²) in [7, 11) is 0. The zero-order valence-electron chi connectivity index (χ0n) is 12.4. The first-order valence-electron chi connectivity index (χ1n) is 7.47. The van der Waals surface area contributed by atoms with Crippen molar-refractivity contribution in [1.82, 2.24) is 4.90 Å². The molecule has 1 amide bonds. The number of hydrogen-bond donors (Lipinski definition) is 0. The summed E-state index contributed by atoms with van der Waals surface area (Å²) in [6, 6.07) is 7.87. The van der Waals surface area contributed by atoms with E-state index in [2.05, 4.69) is 6.92 Å². The fraction of sp³-hybridized carbons (Fsp3) is 0.529. The highest BCUT2D eigenvalue weighted by Gasteiger charge is 2.23. The fourth-order valence-electron chi connectivity index (χ4n) is 2.72. The van der Waals surface area contributed by atoms with E-state index < -0.39 is 0 Å². The van der Waals surface area contributed by atoms with Gasteiger partial charge in [-0.25, -0.2) is 0 Å². The van der Waals surface area contributed by atoms with Gasteiger partial charge in [0.1, 0.15) is 0 Å². The summed E-state index contributed by atoms with van der Waals surface area (Å²) in [5.41, 5.74) is 1.84. The van der Waals surface area contributed by atoms with Crippen molar-refractivity contribution in [2.24, 2.45) is 0 Å². The lowest BCUT2D eigenvalue weighted by Gasteiger charge is -2.33. The van der Waals surface area contributed by atoms with Crippen LogP contribution >= 0.6 is 0 Å². The smallest absolute Gasteiger partial charge is 0.223 e. The molecule has 1 fully saturated rings. The Morgan fingerprint density at radius 2 is 1.85 bits per heavy atom. The van der Waals surface area contributed by atoms with Crippen molar-refractivity contribution >= 4 is 11.7 Å². The number of carbonyl (C=O) groups is 2. The van der Waals surface area contributed by atoms with E-state index in [4.69, 9.17) is 0 Å². The molecule has 20 heavy (non-hydrogen) atoms. The SMILES string of the molecule is Cc1ccc(C(=O)CCC(=O)N2CCCCC2C)cc1. The van der Waals surface area contributed by atoms with Gasteiger partial charge in [-0.1, -0.05) is 29.8 Å². The Morgan fingerprint density at radius 1 is 1.15 bits per heavy atom. The summed E-state index contributed by atoms with van der Waals surface area (Å²) in [6.45, 7) is 4.94. The van der Waals surface area contributed by atoms with E-state index in [-0.39, 0.29) is 11.7 Å². The molecule has 0 bridgehead atoms. The van der Waals surface area contributed by atoms with Gasteiger partial charge >= 0.3 is 0 Å². The van der Waals surface area contributed by atoms with Gasteiger partial charge < -0.3 is 4.90 Å². The zero-order chi connectivity index (χ0) is 14.5. The van der Waals surface area contributed by atoms with Crippen molar-refractivity contribution in [1.29, 1.82) is 0 Å². The number of nitrogens with zero attached hydrogens (tertiary/aromatic N) is 1. The third-order valence-corrected chi connectivity index (χ3v) is 4.06. The lowest BCUT2D eigenvalue weighted by atomic mass is 10.0. The molecule has 1 aromatic carbocycles. The van der Waals surface area contributed by atoms with Crippen LogP contribution in [0.3, 0.4) is 0 Å². The Bertz CT molecular complexity index is 478. The van der Waals surface area contributed by atoms with Crippen LogP contribution in [0.25, 0.3) is 0 Å². The Morgan fingerprint density at radius 3 is 2.50 bits per heavy atom. The standard InChI is InChI=1S/C17H23NO2/c1-13-6-8-15(9-7-13)16(19)10-11-17(20)18-12-4-3-5-14(18)2/h6-9,14H,3-5,10-12H2,1-2H3. The van der Waals surface area contributed by atoms with Gasteiger partial charge in [0.2, 0.25) is 5.91 Å². The van der Waals surface area contributed by atoms with Crippen LogP contribution in [0.1, 0.15) is 54.9 Å². The second kappa shape index (κ2) is 6.69. The molecule has 1 heterocycles. The number of likely N-dealkylation sites (tertiary alicyclic amines) is 1. The summed E-state index contributed by atoms with van der Waals surface area (Å²) in [6.07, 6.45) is 4.01. The van der Waals surface area contributed by atoms with Crippen LogP contribution in [0.5, 0.6) is 0 Å². The second-order valence-corrected chi connectivity index (χ2v) is 5.72. The second-order valence-electron chi connectivity index (χ2n) is 5.72. The van der Waals surface area contributed by atoms with Crippen LogP contribution in [0.2, 0.25) is 0 Å². The Labute approximate surface area is 121 Å². The third-order valence-electron chi connectivity index (χ3n) is 4.06. The molecular weight excluding hydrogens is 250 g/mol. The van der Waals surface area contributed by atoms with Crippen LogP contribution < -0.4 is 0 Å². The van der Waals surface area contributed by atoms with Crippen LogP contribution in [-0.4, -0.2) is 29.2 Å². The van der Waals surface area contributed by atoms with E-state index in [0.717, 1.165) is 24.9 Å². The van der Waals surface area contributed by atoms with Crippen molar-refractivity contribution in [2.45, 2.75) is 52.0 Å². The molecule has 3 nitrogen and oxygen atoms in total.